The van der Waals surface area contributed by atoms with Crippen LogP contribution in [-0.2, 0) is 38.0 Å². The van der Waals surface area contributed by atoms with E-state index in [0.717, 1.165) is 44.9 Å². The maximum Gasteiger partial charge on any atom is 0.315 e. The average Bonchev–Trinajstić information content (AvgIpc) is 3.33. The van der Waals surface area contributed by atoms with E-state index in [1.807, 2.05) is 0 Å². The number of fused-ring (bicyclic) bond motifs is 7. The van der Waals surface area contributed by atoms with Crippen LogP contribution in [0.1, 0.15) is 138 Å². The van der Waals surface area contributed by atoms with Gasteiger partial charge in [-0.2, -0.15) is 0 Å². The Labute approximate surface area is 424 Å². The Balaban J connectivity index is 1.08. The van der Waals surface area contributed by atoms with Gasteiger partial charge in [-0.25, -0.2) is 0 Å². The summed E-state index contributed by atoms with van der Waals surface area (Å²) in [5.74, 6) is -0.770. The van der Waals surface area contributed by atoms with E-state index in [1.165, 1.54) is 12.5 Å². The van der Waals surface area contributed by atoms with Crippen LogP contribution in [0.2, 0.25) is 0 Å². The molecular formula is C53H88N2O17. The van der Waals surface area contributed by atoms with E-state index in [0.29, 0.717) is 45.1 Å². The summed E-state index contributed by atoms with van der Waals surface area (Å²) in [7, 11) is 0. The van der Waals surface area contributed by atoms with E-state index < -0.39 is 121 Å². The predicted molar refractivity (Wildman–Crippen MR) is 258 cm³/mol. The number of aliphatic hydroxyl groups excluding tert-OH is 9. The Hall–Kier alpha value is -1.92. The lowest BCUT2D eigenvalue weighted by atomic mass is 9.33. The number of hydrogen-bond acceptors (Lipinski definition) is 18. The molecule has 0 aromatic heterocycles. The minimum absolute atomic E-state index is 0.0676. The summed E-state index contributed by atoms with van der Waals surface area (Å²) in [5, 5.41) is 102. The fourth-order valence-corrected chi connectivity index (χ4v) is 15.7. The molecule has 3 saturated heterocycles. The van der Waals surface area contributed by atoms with Crippen molar-refractivity contribution in [2.24, 2.45) is 56.0 Å². The Morgan fingerprint density at radius 3 is 2.15 bits per heavy atom. The van der Waals surface area contributed by atoms with Crippen molar-refractivity contribution >= 4 is 11.9 Å². The second kappa shape index (κ2) is 21.1. The third kappa shape index (κ3) is 9.55. The molecule has 0 aromatic carbocycles. The van der Waals surface area contributed by atoms with E-state index >= 15 is 4.79 Å². The Bertz CT molecular complexity index is 1960. The first-order chi connectivity index (χ1) is 33.9. The van der Waals surface area contributed by atoms with E-state index in [2.05, 4.69) is 52.9 Å². The van der Waals surface area contributed by atoms with Crippen LogP contribution in [0.25, 0.3) is 0 Å². The molecule has 1 amide bonds. The minimum atomic E-state index is -1.88. The molecule has 5 aliphatic carbocycles. The first kappa shape index (κ1) is 56.3. The highest BCUT2D eigenvalue weighted by Gasteiger charge is 2.70. The van der Waals surface area contributed by atoms with Crippen molar-refractivity contribution in [3.8, 4) is 0 Å². The van der Waals surface area contributed by atoms with E-state index in [-0.39, 0.29) is 59.0 Å². The van der Waals surface area contributed by atoms with E-state index in [1.54, 1.807) is 0 Å². The minimum Gasteiger partial charge on any atom is -0.432 e. The first-order valence-corrected chi connectivity index (χ1v) is 27.0. The van der Waals surface area contributed by atoms with Crippen molar-refractivity contribution in [1.29, 1.82) is 0 Å². The number of amides is 1. The normalized spacial score (nSPS) is 50.0. The smallest absolute Gasteiger partial charge is 0.315 e. The monoisotopic (exact) mass is 1020 g/mol. The Morgan fingerprint density at radius 1 is 0.764 bits per heavy atom. The van der Waals surface area contributed by atoms with Crippen molar-refractivity contribution in [3.05, 3.63) is 11.6 Å². The maximum atomic E-state index is 15.5. The van der Waals surface area contributed by atoms with Crippen LogP contribution in [0.4, 0.5) is 0 Å². The van der Waals surface area contributed by atoms with Gasteiger partial charge in [0.15, 0.2) is 18.7 Å². The lowest BCUT2D eigenvalue weighted by Gasteiger charge is -2.71. The molecule has 412 valence electrons. The van der Waals surface area contributed by atoms with Crippen molar-refractivity contribution in [2.45, 2.75) is 230 Å². The second-order valence-electron chi connectivity index (χ2n) is 25.0. The van der Waals surface area contributed by atoms with Crippen LogP contribution in [0.5, 0.6) is 0 Å². The number of nitrogens with one attached hydrogen (secondary N) is 1. The van der Waals surface area contributed by atoms with E-state index in [9.17, 15) is 50.8 Å². The van der Waals surface area contributed by atoms with Crippen molar-refractivity contribution in [2.75, 3.05) is 26.4 Å². The number of aliphatic hydroxyl groups is 9. The second-order valence-corrected chi connectivity index (χ2v) is 25.0. The number of nitrogens with two attached hydrogens (primary N) is 1. The topological polar surface area (TPSA) is 310 Å². The molecule has 3 heterocycles. The molecule has 19 nitrogen and oxygen atoms in total. The SMILES string of the molecule is C[C@H]1O[C@@H](OC2C(O)C(NC(=O)CCCCCN)[C@H](CO)O[C@H]2OC(=O)C23CCC(C)(C)CC2C2=CCC4C5(C)CC[C@H](O)[C@](C)(CO)[C@@H]5CC[C@]4(C)[C@]2(C)CC3)C(O)C(O)C1O[C@@H]1OCC(O)C(O)C1O. The van der Waals surface area contributed by atoms with Crippen LogP contribution < -0.4 is 11.1 Å². The van der Waals surface area contributed by atoms with Gasteiger partial charge < -0.3 is 85.4 Å². The van der Waals surface area contributed by atoms with Crippen LogP contribution >= 0.6 is 0 Å². The van der Waals surface area contributed by atoms with Crippen LogP contribution in [0.3, 0.4) is 0 Å². The molecule has 0 aromatic rings. The third-order valence-corrected chi connectivity index (χ3v) is 20.5. The molecule has 0 spiro atoms. The quantitative estimate of drug-likeness (QED) is 0.0666. The molecule has 72 heavy (non-hydrogen) atoms. The molecule has 19 heteroatoms. The molecule has 23 atom stereocenters. The van der Waals surface area contributed by atoms with Gasteiger partial charge >= 0.3 is 5.97 Å². The van der Waals surface area contributed by atoms with Gasteiger partial charge in [-0.3, -0.25) is 9.59 Å². The highest BCUT2D eigenvalue weighted by atomic mass is 16.8. The number of unbranched alkanes of at least 4 members (excludes halogenated alkanes) is 2. The number of esters is 1. The molecule has 13 unspecified atom stereocenters. The number of carbonyl (C=O) groups is 2. The summed E-state index contributed by atoms with van der Waals surface area (Å²) >= 11 is 0. The summed E-state index contributed by atoms with van der Waals surface area (Å²) in [4.78, 5) is 28.9. The van der Waals surface area contributed by atoms with Gasteiger partial charge in [0, 0.05) is 11.8 Å². The van der Waals surface area contributed by atoms with Gasteiger partial charge in [0.2, 0.25) is 12.2 Å². The molecule has 8 rings (SSSR count). The maximum absolute atomic E-state index is 15.5. The molecule has 3 aliphatic heterocycles. The Kier molecular flexibility index (Phi) is 16.5. The van der Waals surface area contributed by atoms with Gasteiger partial charge in [0.25, 0.3) is 0 Å². The number of allylic oxidation sites excluding steroid dienone is 2. The highest BCUT2D eigenvalue weighted by Crippen LogP contribution is 2.76. The summed E-state index contributed by atoms with van der Waals surface area (Å²) in [6, 6.07) is -1.28. The zero-order valence-corrected chi connectivity index (χ0v) is 43.6. The molecule has 7 fully saturated rings. The lowest BCUT2D eigenvalue weighted by molar-refractivity contribution is -0.369. The Morgan fingerprint density at radius 2 is 1.46 bits per heavy atom. The molecule has 0 radical (unpaired) electrons. The predicted octanol–water partition coefficient (Wildman–Crippen LogP) is 1.42. The largest absolute Gasteiger partial charge is 0.432 e. The number of rotatable bonds is 14. The highest BCUT2D eigenvalue weighted by molar-refractivity contribution is 5.79. The first-order valence-electron chi connectivity index (χ1n) is 27.0. The molecule has 12 N–H and O–H groups in total. The van der Waals surface area contributed by atoms with Gasteiger partial charge in [0.05, 0.1) is 43.5 Å². The summed E-state index contributed by atoms with van der Waals surface area (Å²) < 4.78 is 36.5. The molecule has 4 saturated carbocycles. The molecule has 8 aliphatic rings. The number of hydrogen-bond donors (Lipinski definition) is 11. The summed E-state index contributed by atoms with van der Waals surface area (Å²) in [6.45, 7) is 14.6. The standard InChI is InChI=1S/C53H88N2O17/c1-27-42(70-44-40(64)37(61)30(58)25-67-44)39(63)41(65)45(68-27)71-43-38(62)36(55-35(60)11-9-8-10-22-54)31(24-56)69-46(43)72-47(66)53-20-18-48(2,3)23-29(53)28-12-13-33-49(4)16-15-34(59)50(5,26-57)32(49)14-17-52(33,7)51(28,6)19-21-53/h12,27,29-34,36-46,56-59,61-65H,8-11,13-26,54H2,1-7H3,(H,55,60)/t27-,29?,30?,31+,32-,33?,34+,36?,37?,38?,39?,40?,41?,42?,43?,44+,45+,46+,49?,50-,51-,52+,53?/m1/s1. The fraction of sp³-hybridized carbons (Fsp3) is 0.925. The van der Waals surface area contributed by atoms with Crippen LogP contribution in [0.15, 0.2) is 11.6 Å². The van der Waals surface area contributed by atoms with Crippen LogP contribution in [0, 0.1) is 50.2 Å². The number of carbonyl (C=O) groups excluding carboxylic acids is 2. The van der Waals surface area contributed by atoms with Crippen molar-refractivity contribution in [3.63, 3.8) is 0 Å². The van der Waals surface area contributed by atoms with Crippen molar-refractivity contribution < 1.29 is 84.0 Å². The molecule has 0 bridgehead atoms. The van der Waals surface area contributed by atoms with Crippen molar-refractivity contribution in [1.82, 2.24) is 5.32 Å². The van der Waals surface area contributed by atoms with Gasteiger partial charge in [-0.05, 0) is 130 Å². The van der Waals surface area contributed by atoms with Gasteiger partial charge in [0.1, 0.15) is 48.8 Å². The molecular weight excluding hydrogens is 937 g/mol. The summed E-state index contributed by atoms with van der Waals surface area (Å²) in [6.07, 6.45) is -9.14. The van der Waals surface area contributed by atoms with Gasteiger partial charge in [-0.1, -0.05) is 59.6 Å². The number of ether oxygens (including phenoxy) is 6. The van der Waals surface area contributed by atoms with Crippen LogP contribution in [-0.4, -0.2) is 176 Å². The average molecular weight is 1030 g/mol. The lowest BCUT2D eigenvalue weighted by Crippen LogP contribution is -2.68. The summed E-state index contributed by atoms with van der Waals surface area (Å²) in [5.41, 5.74) is 4.64. The third-order valence-electron chi connectivity index (χ3n) is 20.5. The zero-order chi connectivity index (χ0) is 52.5. The fourth-order valence-electron chi connectivity index (χ4n) is 15.7. The van der Waals surface area contributed by atoms with Gasteiger partial charge in [-0.15, -0.1) is 0 Å². The van der Waals surface area contributed by atoms with E-state index in [4.69, 9.17) is 34.2 Å². The zero-order valence-electron chi connectivity index (χ0n) is 43.6.